The van der Waals surface area contributed by atoms with Gasteiger partial charge >= 0.3 is 0 Å². The molecule has 1 heterocycles. The quantitative estimate of drug-likeness (QED) is 0.777. The van der Waals surface area contributed by atoms with Crippen LogP contribution < -0.4 is 5.56 Å². The minimum atomic E-state index is -0.0722. The van der Waals surface area contributed by atoms with E-state index in [0.717, 1.165) is 15.4 Å². The highest BCUT2D eigenvalue weighted by atomic mass is 79.9. The summed E-state index contributed by atoms with van der Waals surface area (Å²) in [4.78, 5) is 13.8. The van der Waals surface area contributed by atoms with Gasteiger partial charge in [0.15, 0.2) is 0 Å². The van der Waals surface area contributed by atoms with Crippen molar-refractivity contribution < 1.29 is 0 Å². The fourth-order valence-electron chi connectivity index (χ4n) is 1.36. The molecule has 0 aliphatic rings. The summed E-state index contributed by atoms with van der Waals surface area (Å²) in [6.45, 7) is 6.02. The first-order valence-electron chi connectivity index (χ1n) is 4.96. The number of aromatic nitrogens is 1. The summed E-state index contributed by atoms with van der Waals surface area (Å²) in [5.74, 6) is 0. The molecule has 0 atom stereocenters. The first kappa shape index (κ1) is 12.0. The van der Waals surface area contributed by atoms with Crippen LogP contribution in [-0.2, 0) is 0 Å². The van der Waals surface area contributed by atoms with Gasteiger partial charge in [0.1, 0.15) is 0 Å². The molecule has 0 saturated heterocycles. The number of rotatable bonds is 0. The molecular weight excluding hydrogens is 254 g/mol. The Morgan fingerprint density at radius 1 is 1.20 bits per heavy atom. The predicted molar refractivity (Wildman–Crippen MR) is 68.4 cm³/mol. The summed E-state index contributed by atoms with van der Waals surface area (Å²) in [5.41, 5.74) is 1.96. The zero-order valence-corrected chi connectivity index (χ0v) is 10.7. The van der Waals surface area contributed by atoms with Crippen molar-refractivity contribution in [3.8, 4) is 0 Å². The second-order valence-electron chi connectivity index (χ2n) is 3.03. The minimum Gasteiger partial charge on any atom is -0.321 e. The zero-order valence-electron chi connectivity index (χ0n) is 9.10. The van der Waals surface area contributed by atoms with E-state index >= 15 is 0 Å². The molecule has 3 heteroatoms. The van der Waals surface area contributed by atoms with Gasteiger partial charge in [-0.1, -0.05) is 13.8 Å². The van der Waals surface area contributed by atoms with E-state index in [2.05, 4.69) is 20.9 Å². The summed E-state index contributed by atoms with van der Waals surface area (Å²) in [5, 5.41) is 1.05. The maximum atomic E-state index is 11.0. The fraction of sp³-hybridized carbons (Fsp3) is 0.250. The number of H-pyrrole nitrogens is 1. The molecule has 2 aromatic rings. The minimum absolute atomic E-state index is 0.0722. The van der Waals surface area contributed by atoms with Gasteiger partial charge in [-0.05, 0) is 52.0 Å². The molecule has 0 fully saturated rings. The Hall–Kier alpha value is -1.09. The van der Waals surface area contributed by atoms with Gasteiger partial charge in [-0.25, -0.2) is 0 Å². The number of nitrogens with one attached hydrogen (secondary N) is 1. The van der Waals surface area contributed by atoms with E-state index in [-0.39, 0.29) is 5.56 Å². The second-order valence-corrected chi connectivity index (χ2v) is 3.89. The number of benzene rings is 1. The largest absolute Gasteiger partial charge is 0.321 e. The summed E-state index contributed by atoms with van der Waals surface area (Å²) < 4.78 is 0.931. The molecule has 0 aliphatic heterocycles. The number of halogens is 1. The molecule has 1 aromatic carbocycles. The highest BCUT2D eigenvalue weighted by molar-refractivity contribution is 9.10. The number of hydrogen-bond donors (Lipinski definition) is 1. The lowest BCUT2D eigenvalue weighted by molar-refractivity contribution is 1.29. The van der Waals surface area contributed by atoms with E-state index < -0.39 is 0 Å². The van der Waals surface area contributed by atoms with Gasteiger partial charge in [0.2, 0.25) is 5.56 Å². The molecule has 0 radical (unpaired) electrons. The predicted octanol–water partition coefficient (Wildman–Crippen LogP) is 3.63. The van der Waals surface area contributed by atoms with Crippen LogP contribution in [0.15, 0.2) is 33.5 Å². The van der Waals surface area contributed by atoms with Crippen LogP contribution in [0, 0.1) is 6.92 Å². The van der Waals surface area contributed by atoms with Gasteiger partial charge in [0.05, 0.1) is 5.52 Å². The van der Waals surface area contributed by atoms with Crippen LogP contribution in [0.5, 0.6) is 0 Å². The monoisotopic (exact) mass is 267 g/mol. The Balaban J connectivity index is 0.000000531. The second kappa shape index (κ2) is 5.12. The van der Waals surface area contributed by atoms with Crippen LogP contribution in [0.1, 0.15) is 19.4 Å². The fourth-order valence-corrected chi connectivity index (χ4v) is 2.05. The van der Waals surface area contributed by atoms with Gasteiger partial charge in [-0.2, -0.15) is 0 Å². The molecule has 0 saturated carbocycles. The topological polar surface area (TPSA) is 32.9 Å². The molecule has 80 valence electrons. The van der Waals surface area contributed by atoms with Crippen molar-refractivity contribution in [1.29, 1.82) is 0 Å². The maximum absolute atomic E-state index is 11.0. The lowest BCUT2D eigenvalue weighted by Crippen LogP contribution is -2.02. The van der Waals surface area contributed by atoms with Gasteiger partial charge < -0.3 is 4.98 Å². The number of aryl methyl sites for hydroxylation is 1. The van der Waals surface area contributed by atoms with Gasteiger partial charge in [-0.15, -0.1) is 0 Å². The summed E-state index contributed by atoms with van der Waals surface area (Å²) in [6.07, 6.45) is 0. The van der Waals surface area contributed by atoms with Crippen molar-refractivity contribution >= 4 is 26.8 Å². The van der Waals surface area contributed by atoms with Crippen LogP contribution >= 0.6 is 15.9 Å². The van der Waals surface area contributed by atoms with Crippen LogP contribution in [0.25, 0.3) is 10.9 Å². The average molecular weight is 268 g/mol. The Morgan fingerprint density at radius 2 is 1.87 bits per heavy atom. The van der Waals surface area contributed by atoms with E-state index in [1.165, 1.54) is 11.6 Å². The van der Waals surface area contributed by atoms with Gasteiger partial charge in [0.25, 0.3) is 0 Å². The Kier molecular flexibility index (Phi) is 4.09. The van der Waals surface area contributed by atoms with Crippen molar-refractivity contribution in [2.24, 2.45) is 0 Å². The third kappa shape index (κ3) is 2.69. The van der Waals surface area contributed by atoms with Crippen molar-refractivity contribution in [2.75, 3.05) is 0 Å². The number of aromatic amines is 1. The highest BCUT2D eigenvalue weighted by Gasteiger charge is 1.99. The third-order valence-electron chi connectivity index (χ3n) is 1.93. The molecule has 1 N–H and O–H groups in total. The molecule has 2 nitrogen and oxygen atoms in total. The molecule has 0 aliphatic carbocycles. The molecule has 0 unspecified atom stereocenters. The zero-order chi connectivity index (χ0) is 11.4. The van der Waals surface area contributed by atoms with Gasteiger partial charge in [-0.3, -0.25) is 4.79 Å². The lowest BCUT2D eigenvalue weighted by atomic mass is 10.1. The normalized spacial score (nSPS) is 9.60. The van der Waals surface area contributed by atoms with E-state index in [9.17, 15) is 4.79 Å². The number of hydrogen-bond acceptors (Lipinski definition) is 1. The van der Waals surface area contributed by atoms with Crippen molar-refractivity contribution in [2.45, 2.75) is 20.8 Å². The smallest absolute Gasteiger partial charge is 0.248 e. The first-order chi connectivity index (χ1) is 7.16. The highest BCUT2D eigenvalue weighted by Crippen LogP contribution is 2.22. The molecule has 2 rings (SSSR count). The Bertz CT molecular complexity index is 517. The van der Waals surface area contributed by atoms with Crippen LogP contribution in [0.4, 0.5) is 0 Å². The maximum Gasteiger partial charge on any atom is 0.248 e. The molecular formula is C12H14BrNO. The van der Waals surface area contributed by atoms with E-state index in [4.69, 9.17) is 0 Å². The Labute approximate surface area is 97.5 Å². The summed E-state index contributed by atoms with van der Waals surface area (Å²) >= 11 is 3.41. The SMILES string of the molecule is CC.Cc1cc(Br)c2[nH]c(=O)ccc2c1. The van der Waals surface area contributed by atoms with Crippen molar-refractivity contribution in [3.05, 3.63) is 44.7 Å². The summed E-state index contributed by atoms with van der Waals surface area (Å²) in [6, 6.07) is 7.38. The summed E-state index contributed by atoms with van der Waals surface area (Å²) in [7, 11) is 0. The molecule has 0 bridgehead atoms. The van der Waals surface area contributed by atoms with Gasteiger partial charge in [0, 0.05) is 10.5 Å². The number of pyridine rings is 1. The van der Waals surface area contributed by atoms with E-state index in [1.54, 1.807) is 0 Å². The van der Waals surface area contributed by atoms with E-state index in [0.29, 0.717) is 0 Å². The average Bonchev–Trinajstić information content (AvgIpc) is 2.22. The molecule has 0 spiro atoms. The Morgan fingerprint density at radius 3 is 2.53 bits per heavy atom. The standard InChI is InChI=1S/C10H8BrNO.C2H6/c1-6-4-7-2-3-9(13)12-10(7)8(11)5-6;1-2/h2-5H,1H3,(H,12,13);1-2H3. The number of fused-ring (bicyclic) bond motifs is 1. The van der Waals surface area contributed by atoms with E-state index in [1.807, 2.05) is 39.0 Å². The molecule has 1 aromatic heterocycles. The van der Waals surface area contributed by atoms with Crippen LogP contribution in [0.2, 0.25) is 0 Å². The van der Waals surface area contributed by atoms with Crippen molar-refractivity contribution in [1.82, 2.24) is 4.98 Å². The van der Waals surface area contributed by atoms with Crippen LogP contribution in [-0.4, -0.2) is 4.98 Å². The molecule has 15 heavy (non-hydrogen) atoms. The third-order valence-corrected chi connectivity index (χ3v) is 2.55. The molecule has 0 amide bonds. The lowest BCUT2D eigenvalue weighted by Gasteiger charge is -2.01. The van der Waals surface area contributed by atoms with Crippen molar-refractivity contribution in [3.63, 3.8) is 0 Å². The van der Waals surface area contributed by atoms with Crippen LogP contribution in [0.3, 0.4) is 0 Å². The first-order valence-corrected chi connectivity index (χ1v) is 5.75.